The van der Waals surface area contributed by atoms with Gasteiger partial charge in [-0.3, -0.25) is 4.90 Å². The predicted molar refractivity (Wildman–Crippen MR) is 130 cm³/mol. The van der Waals surface area contributed by atoms with Crippen molar-refractivity contribution in [1.29, 1.82) is 0 Å². The predicted octanol–water partition coefficient (Wildman–Crippen LogP) is 3.98. The van der Waals surface area contributed by atoms with E-state index in [2.05, 4.69) is 29.4 Å². The van der Waals surface area contributed by atoms with Crippen molar-refractivity contribution in [2.45, 2.75) is 57.6 Å². The summed E-state index contributed by atoms with van der Waals surface area (Å²) in [7, 11) is -3.49. The van der Waals surface area contributed by atoms with Crippen molar-refractivity contribution < 1.29 is 17.9 Å². The third-order valence-corrected chi connectivity index (χ3v) is 8.62. The van der Waals surface area contributed by atoms with E-state index in [1.54, 1.807) is 16.4 Å². The number of nitrogens with zero attached hydrogens (tertiary/aromatic N) is 4. The molecule has 8 nitrogen and oxygen atoms in total. The van der Waals surface area contributed by atoms with Gasteiger partial charge in [-0.05, 0) is 62.2 Å². The van der Waals surface area contributed by atoms with Gasteiger partial charge in [0.05, 0.1) is 22.5 Å². The molecule has 0 N–H and O–H groups in total. The summed E-state index contributed by atoms with van der Waals surface area (Å²) >= 11 is 0. The molecule has 1 aromatic heterocycles. The van der Waals surface area contributed by atoms with Gasteiger partial charge in [0, 0.05) is 26.2 Å². The summed E-state index contributed by atoms with van der Waals surface area (Å²) in [6, 6.07) is 11.4. The first-order valence-electron chi connectivity index (χ1n) is 12.1. The standard InChI is InChI=1S/C25H32N4O4S/c1-3-27(16-19-8-11-23-24(14-19)33-18-32-23)17-25-26-21-15-20(9-10-22(21)29(25)4-2)34(30,31)28-12-6-5-7-13-28/h8-11,14-15H,3-7,12-13,16-18H2,1-2H3. The second-order valence-electron chi connectivity index (χ2n) is 8.88. The minimum atomic E-state index is -3.49. The van der Waals surface area contributed by atoms with Gasteiger partial charge >= 0.3 is 0 Å². The molecule has 5 rings (SSSR count). The fourth-order valence-electron chi connectivity index (χ4n) is 4.82. The SMILES string of the molecule is CCN(Cc1ccc2c(c1)OCO2)Cc1nc2cc(S(=O)(=O)N3CCCCC3)ccc2n1CC. The highest BCUT2D eigenvalue weighted by Gasteiger charge is 2.27. The van der Waals surface area contributed by atoms with Crippen LogP contribution in [0, 0.1) is 0 Å². The second kappa shape index (κ2) is 9.56. The van der Waals surface area contributed by atoms with Crippen LogP contribution >= 0.6 is 0 Å². The summed E-state index contributed by atoms with van der Waals surface area (Å²) in [5.74, 6) is 2.51. The molecular weight excluding hydrogens is 452 g/mol. The fourth-order valence-corrected chi connectivity index (χ4v) is 6.36. The minimum Gasteiger partial charge on any atom is -0.454 e. The number of imidazole rings is 1. The maximum atomic E-state index is 13.2. The van der Waals surface area contributed by atoms with Crippen molar-refractivity contribution in [3.8, 4) is 11.5 Å². The summed E-state index contributed by atoms with van der Waals surface area (Å²) < 4.78 is 41.1. The summed E-state index contributed by atoms with van der Waals surface area (Å²) in [6.45, 7) is 8.75. The molecule has 0 amide bonds. The van der Waals surface area contributed by atoms with Crippen molar-refractivity contribution in [3.05, 3.63) is 47.8 Å². The van der Waals surface area contributed by atoms with E-state index in [-0.39, 0.29) is 6.79 Å². The topological polar surface area (TPSA) is 76.9 Å². The molecule has 3 aromatic rings. The van der Waals surface area contributed by atoms with E-state index in [9.17, 15) is 8.42 Å². The molecule has 0 saturated carbocycles. The van der Waals surface area contributed by atoms with Crippen LogP contribution in [0.4, 0.5) is 0 Å². The van der Waals surface area contributed by atoms with Gasteiger partial charge in [-0.1, -0.05) is 19.4 Å². The van der Waals surface area contributed by atoms with Crippen molar-refractivity contribution >= 4 is 21.1 Å². The van der Waals surface area contributed by atoms with Gasteiger partial charge in [0.15, 0.2) is 11.5 Å². The zero-order valence-electron chi connectivity index (χ0n) is 19.9. The van der Waals surface area contributed by atoms with Gasteiger partial charge in [0.1, 0.15) is 5.82 Å². The zero-order valence-corrected chi connectivity index (χ0v) is 20.7. The highest BCUT2D eigenvalue weighted by molar-refractivity contribution is 7.89. The zero-order chi connectivity index (χ0) is 23.7. The van der Waals surface area contributed by atoms with Crippen LogP contribution in [0.15, 0.2) is 41.3 Å². The Bertz CT molecular complexity index is 1280. The van der Waals surface area contributed by atoms with Crippen molar-refractivity contribution in [2.75, 3.05) is 26.4 Å². The normalized spacial score (nSPS) is 16.6. The van der Waals surface area contributed by atoms with Crippen LogP contribution in [0.5, 0.6) is 11.5 Å². The number of benzene rings is 2. The van der Waals surface area contributed by atoms with Crippen LogP contribution in [-0.4, -0.2) is 53.6 Å². The van der Waals surface area contributed by atoms with E-state index >= 15 is 0 Å². The molecule has 0 atom stereocenters. The number of hydrogen-bond acceptors (Lipinski definition) is 6. The Morgan fingerprint density at radius 2 is 1.76 bits per heavy atom. The first-order chi connectivity index (χ1) is 16.5. The molecule has 0 aliphatic carbocycles. The van der Waals surface area contributed by atoms with E-state index in [4.69, 9.17) is 14.5 Å². The Balaban J connectivity index is 1.40. The number of aryl methyl sites for hydroxylation is 1. The van der Waals surface area contributed by atoms with Crippen LogP contribution in [0.2, 0.25) is 0 Å². The smallest absolute Gasteiger partial charge is 0.243 e. The van der Waals surface area contributed by atoms with Crippen molar-refractivity contribution in [3.63, 3.8) is 0 Å². The first-order valence-corrected chi connectivity index (χ1v) is 13.5. The molecule has 2 aromatic carbocycles. The van der Waals surface area contributed by atoms with E-state index < -0.39 is 10.0 Å². The Morgan fingerprint density at radius 3 is 2.53 bits per heavy atom. The van der Waals surface area contributed by atoms with Crippen molar-refractivity contribution in [2.24, 2.45) is 0 Å². The van der Waals surface area contributed by atoms with Gasteiger partial charge in [0.25, 0.3) is 0 Å². The third kappa shape index (κ3) is 4.39. The molecule has 0 spiro atoms. The third-order valence-electron chi connectivity index (χ3n) is 6.72. The summed E-state index contributed by atoms with van der Waals surface area (Å²) in [4.78, 5) is 7.53. The number of sulfonamides is 1. The molecule has 0 bridgehead atoms. The van der Waals surface area contributed by atoms with Crippen LogP contribution < -0.4 is 9.47 Å². The van der Waals surface area contributed by atoms with Crippen LogP contribution in [0.25, 0.3) is 11.0 Å². The molecule has 0 radical (unpaired) electrons. The van der Waals surface area contributed by atoms with E-state index in [1.807, 2.05) is 18.2 Å². The molecule has 3 heterocycles. The highest BCUT2D eigenvalue weighted by Crippen LogP contribution is 2.33. The van der Waals surface area contributed by atoms with Gasteiger partial charge < -0.3 is 14.0 Å². The van der Waals surface area contributed by atoms with Crippen molar-refractivity contribution in [1.82, 2.24) is 18.8 Å². The van der Waals surface area contributed by atoms with E-state index in [1.165, 1.54) is 0 Å². The van der Waals surface area contributed by atoms with Crippen LogP contribution in [0.3, 0.4) is 0 Å². The Labute approximate surface area is 201 Å². The molecule has 1 saturated heterocycles. The molecule has 34 heavy (non-hydrogen) atoms. The number of hydrogen-bond donors (Lipinski definition) is 0. The van der Waals surface area contributed by atoms with Crippen LogP contribution in [0.1, 0.15) is 44.5 Å². The maximum absolute atomic E-state index is 13.2. The van der Waals surface area contributed by atoms with E-state index in [0.717, 1.165) is 72.8 Å². The van der Waals surface area contributed by atoms with Gasteiger partial charge in [-0.15, -0.1) is 0 Å². The number of fused-ring (bicyclic) bond motifs is 2. The molecule has 2 aliphatic rings. The molecule has 2 aliphatic heterocycles. The molecule has 1 fully saturated rings. The lowest BCUT2D eigenvalue weighted by Gasteiger charge is -2.25. The largest absolute Gasteiger partial charge is 0.454 e. The molecule has 0 unspecified atom stereocenters. The lowest BCUT2D eigenvalue weighted by Crippen LogP contribution is -2.35. The molecule has 9 heteroatoms. The fraction of sp³-hybridized carbons (Fsp3) is 0.480. The molecule has 182 valence electrons. The average Bonchev–Trinajstić information content (AvgIpc) is 3.47. The summed E-state index contributed by atoms with van der Waals surface area (Å²) in [5, 5.41) is 0. The monoisotopic (exact) mass is 484 g/mol. The number of aromatic nitrogens is 2. The molecular formula is C25H32N4O4S. The lowest BCUT2D eigenvalue weighted by molar-refractivity contribution is 0.174. The number of rotatable bonds is 8. The average molecular weight is 485 g/mol. The van der Waals surface area contributed by atoms with Gasteiger partial charge in [-0.2, -0.15) is 4.31 Å². The highest BCUT2D eigenvalue weighted by atomic mass is 32.2. The van der Waals surface area contributed by atoms with Gasteiger partial charge in [0.2, 0.25) is 16.8 Å². The maximum Gasteiger partial charge on any atom is 0.243 e. The number of piperidine rings is 1. The Hall–Kier alpha value is -2.62. The van der Waals surface area contributed by atoms with Gasteiger partial charge in [-0.25, -0.2) is 13.4 Å². The lowest BCUT2D eigenvalue weighted by atomic mass is 10.2. The van der Waals surface area contributed by atoms with E-state index in [0.29, 0.717) is 24.5 Å². The summed E-state index contributed by atoms with van der Waals surface area (Å²) in [6.07, 6.45) is 2.94. The number of ether oxygens (including phenoxy) is 2. The quantitative estimate of drug-likeness (QED) is 0.481. The first kappa shape index (κ1) is 23.1. The minimum absolute atomic E-state index is 0.270. The Kier molecular flexibility index (Phi) is 6.50. The second-order valence-corrected chi connectivity index (χ2v) is 10.8. The van der Waals surface area contributed by atoms with Crippen LogP contribution in [-0.2, 0) is 29.7 Å². The Morgan fingerprint density at radius 1 is 0.971 bits per heavy atom. The summed E-state index contributed by atoms with van der Waals surface area (Å²) in [5.41, 5.74) is 2.85.